The number of rotatable bonds is 3. The molecular weight excluding hydrogens is 478 g/mol. The molecule has 3 fully saturated rings. The molecule has 1 aromatic rings. The smallest absolute Gasteiger partial charge is 0.410 e. The molecular formula is C27H39N3O5S. The number of carbonyl (C=O) groups excluding carboxylic acids is 2. The number of ether oxygens (including phenoxy) is 1. The van der Waals surface area contributed by atoms with Crippen molar-refractivity contribution in [3.63, 3.8) is 0 Å². The molecule has 198 valence electrons. The lowest BCUT2D eigenvalue weighted by Crippen LogP contribution is -2.50. The van der Waals surface area contributed by atoms with E-state index < -0.39 is 9.84 Å². The third-order valence-corrected chi connectivity index (χ3v) is 10.2. The van der Waals surface area contributed by atoms with E-state index in [2.05, 4.69) is 4.90 Å². The summed E-state index contributed by atoms with van der Waals surface area (Å²) in [6.07, 6.45) is 9.24. The molecule has 4 aliphatic rings. The second kappa shape index (κ2) is 9.63. The molecule has 2 bridgehead atoms. The predicted octanol–water partition coefficient (Wildman–Crippen LogP) is 3.72. The molecule has 9 heteroatoms. The van der Waals surface area contributed by atoms with Crippen molar-refractivity contribution in [1.29, 1.82) is 0 Å². The van der Waals surface area contributed by atoms with Crippen molar-refractivity contribution in [2.24, 2.45) is 0 Å². The molecule has 2 unspecified atom stereocenters. The van der Waals surface area contributed by atoms with E-state index in [1.807, 2.05) is 28.9 Å². The lowest BCUT2D eigenvalue weighted by molar-refractivity contribution is -0.116. The van der Waals surface area contributed by atoms with Crippen LogP contribution in [0.4, 0.5) is 10.5 Å². The topological polar surface area (TPSA) is 87.2 Å². The number of sulfone groups is 1. The van der Waals surface area contributed by atoms with Gasteiger partial charge in [-0.15, -0.1) is 0 Å². The molecule has 4 heterocycles. The fourth-order valence-corrected chi connectivity index (χ4v) is 7.85. The van der Waals surface area contributed by atoms with Crippen molar-refractivity contribution in [3.8, 4) is 0 Å². The number of hydrogen-bond acceptors (Lipinski definition) is 6. The number of nitrogens with zero attached hydrogens (tertiary/aromatic N) is 3. The van der Waals surface area contributed by atoms with E-state index in [1.165, 1.54) is 6.26 Å². The van der Waals surface area contributed by atoms with E-state index in [4.69, 9.17) is 4.74 Å². The van der Waals surface area contributed by atoms with Crippen molar-refractivity contribution in [2.75, 3.05) is 37.4 Å². The highest BCUT2D eigenvalue weighted by atomic mass is 32.2. The van der Waals surface area contributed by atoms with Crippen LogP contribution in [0.1, 0.15) is 70.8 Å². The number of hydrogen-bond donors (Lipinski definition) is 0. The number of piperidine rings is 1. The van der Waals surface area contributed by atoms with Gasteiger partial charge in [-0.2, -0.15) is 0 Å². The maximum absolute atomic E-state index is 12.5. The van der Waals surface area contributed by atoms with Gasteiger partial charge in [0.2, 0.25) is 5.91 Å². The summed E-state index contributed by atoms with van der Waals surface area (Å²) in [6, 6.07) is 6.33. The minimum Gasteiger partial charge on any atom is -0.450 e. The zero-order valence-corrected chi connectivity index (χ0v) is 22.6. The summed E-state index contributed by atoms with van der Waals surface area (Å²) in [6.45, 7) is 6.38. The summed E-state index contributed by atoms with van der Waals surface area (Å²) in [5.74, 6) is 0.00399. The van der Waals surface area contributed by atoms with E-state index in [0.29, 0.717) is 24.1 Å². The van der Waals surface area contributed by atoms with Gasteiger partial charge >= 0.3 is 6.09 Å². The third-order valence-electron chi connectivity index (χ3n) is 9.14. The first-order valence-electron chi connectivity index (χ1n) is 13.4. The standard InChI is InChI=1S/C27H39N3O5S/c1-4-35-26(32)30-21-7-5-20(6-8-22(30)10-9-21)28-15-13-27(14-16-28)18-29(19(2)31)25-12-11-23(17-24(25)27)36(3,33)34/h11-12,17,20-22H,4-10,13-16,18H2,1-3H3. The number of carbonyl (C=O) groups is 2. The number of amides is 2. The summed E-state index contributed by atoms with van der Waals surface area (Å²) >= 11 is 0. The van der Waals surface area contributed by atoms with Gasteiger partial charge in [-0.3, -0.25) is 4.79 Å². The van der Waals surface area contributed by atoms with Crippen LogP contribution in [0.3, 0.4) is 0 Å². The normalized spacial score (nSPS) is 28.0. The van der Waals surface area contributed by atoms with Crippen LogP contribution in [-0.4, -0.2) is 80.8 Å². The van der Waals surface area contributed by atoms with Crippen LogP contribution in [0.25, 0.3) is 0 Å². The second-order valence-corrected chi connectivity index (χ2v) is 13.2. The first-order chi connectivity index (χ1) is 17.1. The van der Waals surface area contributed by atoms with E-state index >= 15 is 0 Å². The average Bonchev–Trinajstić information content (AvgIpc) is 3.40. The van der Waals surface area contributed by atoms with Gasteiger partial charge in [-0.05, 0) is 95.1 Å². The minimum atomic E-state index is -3.32. The van der Waals surface area contributed by atoms with E-state index in [9.17, 15) is 18.0 Å². The highest BCUT2D eigenvalue weighted by Crippen LogP contribution is 2.48. The van der Waals surface area contributed by atoms with E-state index in [-0.39, 0.29) is 29.5 Å². The molecule has 0 N–H and O–H groups in total. The molecule has 0 aliphatic carbocycles. The second-order valence-electron chi connectivity index (χ2n) is 11.2. The molecule has 5 rings (SSSR count). The Bertz CT molecular complexity index is 1110. The Balaban J connectivity index is 1.30. The van der Waals surface area contributed by atoms with Gasteiger partial charge in [-0.25, -0.2) is 13.2 Å². The maximum Gasteiger partial charge on any atom is 0.410 e. The molecule has 8 nitrogen and oxygen atoms in total. The van der Waals surface area contributed by atoms with Gasteiger partial charge in [0.15, 0.2) is 9.84 Å². The summed E-state index contributed by atoms with van der Waals surface area (Å²) in [4.78, 5) is 31.8. The minimum absolute atomic E-state index is 0.00399. The molecule has 1 aromatic carbocycles. The maximum atomic E-state index is 12.5. The molecule has 0 saturated carbocycles. The summed E-state index contributed by atoms with van der Waals surface area (Å²) in [5, 5.41) is 0. The van der Waals surface area contributed by atoms with Crippen molar-refractivity contribution in [2.45, 2.75) is 93.7 Å². The molecule has 2 amide bonds. The van der Waals surface area contributed by atoms with Crippen LogP contribution in [0.5, 0.6) is 0 Å². The van der Waals surface area contributed by atoms with Gasteiger partial charge in [0.25, 0.3) is 0 Å². The van der Waals surface area contributed by atoms with Crippen molar-refractivity contribution >= 4 is 27.5 Å². The zero-order chi connectivity index (χ0) is 25.7. The van der Waals surface area contributed by atoms with Crippen LogP contribution in [-0.2, 0) is 24.8 Å². The fraction of sp³-hybridized carbons (Fsp3) is 0.704. The number of likely N-dealkylation sites (tertiary alicyclic amines) is 1. The number of benzene rings is 1. The monoisotopic (exact) mass is 517 g/mol. The van der Waals surface area contributed by atoms with Gasteiger partial charge < -0.3 is 19.4 Å². The molecule has 4 aliphatic heterocycles. The third kappa shape index (κ3) is 4.53. The molecule has 0 aromatic heterocycles. The summed E-state index contributed by atoms with van der Waals surface area (Å²) in [5.41, 5.74) is 1.69. The van der Waals surface area contributed by atoms with Gasteiger partial charge in [-0.1, -0.05) is 0 Å². The Morgan fingerprint density at radius 3 is 2.11 bits per heavy atom. The first-order valence-corrected chi connectivity index (χ1v) is 15.3. The first kappa shape index (κ1) is 25.5. The van der Waals surface area contributed by atoms with Crippen molar-refractivity contribution in [1.82, 2.24) is 9.80 Å². The number of anilines is 1. The van der Waals surface area contributed by atoms with Crippen molar-refractivity contribution in [3.05, 3.63) is 23.8 Å². The quantitative estimate of drug-likeness (QED) is 0.607. The Morgan fingerprint density at radius 1 is 1.00 bits per heavy atom. The molecule has 0 radical (unpaired) electrons. The lowest BCUT2D eigenvalue weighted by atomic mass is 9.74. The highest BCUT2D eigenvalue weighted by Gasteiger charge is 2.47. The van der Waals surface area contributed by atoms with Crippen LogP contribution in [0, 0.1) is 0 Å². The summed E-state index contributed by atoms with van der Waals surface area (Å²) in [7, 11) is -3.32. The Morgan fingerprint density at radius 2 is 1.58 bits per heavy atom. The van der Waals surface area contributed by atoms with Gasteiger partial charge in [0.05, 0.1) is 11.5 Å². The lowest BCUT2D eigenvalue weighted by Gasteiger charge is -2.44. The van der Waals surface area contributed by atoms with Crippen LogP contribution in [0.15, 0.2) is 23.1 Å². The largest absolute Gasteiger partial charge is 0.450 e. The van der Waals surface area contributed by atoms with Gasteiger partial charge in [0, 0.05) is 49.0 Å². The zero-order valence-electron chi connectivity index (χ0n) is 21.7. The molecule has 1 spiro atoms. The Hall–Kier alpha value is -2.13. The fourth-order valence-electron chi connectivity index (χ4n) is 7.21. The Kier molecular flexibility index (Phi) is 6.83. The average molecular weight is 518 g/mol. The molecule has 36 heavy (non-hydrogen) atoms. The van der Waals surface area contributed by atoms with E-state index in [0.717, 1.165) is 75.7 Å². The highest BCUT2D eigenvalue weighted by molar-refractivity contribution is 7.90. The Labute approximate surface area is 214 Å². The van der Waals surface area contributed by atoms with Crippen LogP contribution < -0.4 is 4.90 Å². The molecule has 3 saturated heterocycles. The van der Waals surface area contributed by atoms with Crippen LogP contribution in [0.2, 0.25) is 0 Å². The molecule has 2 atom stereocenters. The van der Waals surface area contributed by atoms with Gasteiger partial charge in [0.1, 0.15) is 0 Å². The summed E-state index contributed by atoms with van der Waals surface area (Å²) < 4.78 is 29.9. The van der Waals surface area contributed by atoms with Crippen molar-refractivity contribution < 1.29 is 22.7 Å². The number of fused-ring (bicyclic) bond motifs is 4. The SMILES string of the molecule is CCOC(=O)N1C2CCC(N3CCC4(CC3)CN(C(C)=O)c3ccc(S(C)(=O)=O)cc34)CCC1CC2. The van der Waals surface area contributed by atoms with E-state index in [1.54, 1.807) is 13.0 Å². The van der Waals surface area contributed by atoms with Crippen LogP contribution >= 0.6 is 0 Å². The predicted molar refractivity (Wildman–Crippen MR) is 138 cm³/mol.